The zero-order valence-electron chi connectivity index (χ0n) is 17.7. The molecule has 0 saturated heterocycles. The number of hydrogen-bond donors (Lipinski definition) is 2. The normalized spacial score (nSPS) is 12.5. The number of hydrogen-bond acceptors (Lipinski definition) is 3. The number of aryl methyl sites for hydroxylation is 1. The van der Waals surface area contributed by atoms with Crippen LogP contribution in [-0.4, -0.2) is 9.97 Å². The summed E-state index contributed by atoms with van der Waals surface area (Å²) >= 11 is 1.53. The molecule has 3 N–H and O–H groups in total. The second kappa shape index (κ2) is 8.94. The topological polar surface area (TPSA) is 62.4 Å². The van der Waals surface area contributed by atoms with Crippen molar-refractivity contribution in [3.05, 3.63) is 87.3 Å². The van der Waals surface area contributed by atoms with Crippen LogP contribution in [0.2, 0.25) is 0 Å². The molecule has 2 aromatic carbocycles. The standard InChI is InChI=1S/C25H27N3OS/c1-4-17-10-12-19(13-11-17)23(16(2)3)26-14-21-27-24(29)22-20(15-30-25(22)28-21)18-8-6-5-7-9-18/h5-13,15-16,23,26H,4,14H2,1-3H3,(H,27,28,29)/p+1/t23-/m1/s1. The van der Waals surface area contributed by atoms with E-state index in [4.69, 9.17) is 4.98 Å². The van der Waals surface area contributed by atoms with E-state index in [-0.39, 0.29) is 5.56 Å². The fourth-order valence-corrected chi connectivity index (χ4v) is 4.89. The van der Waals surface area contributed by atoms with Gasteiger partial charge >= 0.3 is 0 Å². The van der Waals surface area contributed by atoms with Crippen LogP contribution in [0.5, 0.6) is 0 Å². The van der Waals surface area contributed by atoms with Crippen molar-refractivity contribution in [1.29, 1.82) is 0 Å². The monoisotopic (exact) mass is 418 g/mol. The van der Waals surface area contributed by atoms with E-state index in [9.17, 15) is 4.79 Å². The first kappa shape index (κ1) is 20.5. The van der Waals surface area contributed by atoms with Gasteiger partial charge in [-0.3, -0.25) is 4.79 Å². The fraction of sp³-hybridized carbons (Fsp3) is 0.280. The lowest BCUT2D eigenvalue weighted by Crippen LogP contribution is -2.85. The van der Waals surface area contributed by atoms with Crippen LogP contribution in [0.3, 0.4) is 0 Å². The van der Waals surface area contributed by atoms with Gasteiger partial charge in [0.2, 0.25) is 0 Å². The molecule has 0 amide bonds. The Morgan fingerprint density at radius 3 is 2.47 bits per heavy atom. The number of rotatable bonds is 7. The Hall–Kier alpha value is -2.76. The molecule has 4 rings (SSSR count). The zero-order chi connectivity index (χ0) is 21.1. The highest BCUT2D eigenvalue weighted by Crippen LogP contribution is 2.30. The summed E-state index contributed by atoms with van der Waals surface area (Å²) in [4.78, 5) is 21.5. The van der Waals surface area contributed by atoms with Gasteiger partial charge in [0.05, 0.1) is 5.39 Å². The first-order valence-electron chi connectivity index (χ1n) is 10.5. The summed E-state index contributed by atoms with van der Waals surface area (Å²) in [6.07, 6.45) is 1.05. The van der Waals surface area contributed by atoms with Crippen molar-refractivity contribution in [3.8, 4) is 11.1 Å². The van der Waals surface area contributed by atoms with Crippen LogP contribution < -0.4 is 10.9 Å². The van der Waals surface area contributed by atoms with Gasteiger partial charge in [0.1, 0.15) is 17.4 Å². The highest BCUT2D eigenvalue weighted by Gasteiger charge is 2.20. The Balaban J connectivity index is 1.58. The molecule has 0 spiro atoms. The first-order chi connectivity index (χ1) is 14.6. The summed E-state index contributed by atoms with van der Waals surface area (Å²) in [6.45, 7) is 7.29. The third kappa shape index (κ3) is 4.23. The lowest BCUT2D eigenvalue weighted by atomic mass is 9.95. The Morgan fingerprint density at radius 1 is 1.07 bits per heavy atom. The average Bonchev–Trinajstić information content (AvgIpc) is 3.19. The van der Waals surface area contributed by atoms with Crippen molar-refractivity contribution in [2.24, 2.45) is 5.92 Å². The molecular formula is C25H28N3OS+. The summed E-state index contributed by atoms with van der Waals surface area (Å²) in [5.74, 6) is 1.20. The first-order valence-corrected chi connectivity index (χ1v) is 11.4. The third-order valence-corrected chi connectivity index (χ3v) is 6.51. The van der Waals surface area contributed by atoms with E-state index in [0.29, 0.717) is 23.9 Å². The molecule has 5 heteroatoms. The van der Waals surface area contributed by atoms with Crippen LogP contribution in [0.15, 0.2) is 64.8 Å². The predicted molar refractivity (Wildman–Crippen MR) is 125 cm³/mol. The van der Waals surface area contributed by atoms with Gasteiger partial charge < -0.3 is 10.3 Å². The van der Waals surface area contributed by atoms with E-state index in [2.05, 4.69) is 55.3 Å². The number of nitrogens with two attached hydrogens (primary N) is 1. The molecule has 0 radical (unpaired) electrons. The van der Waals surface area contributed by atoms with Gasteiger partial charge in [0.15, 0.2) is 5.82 Å². The Labute approximate surface area is 181 Å². The van der Waals surface area contributed by atoms with Gasteiger partial charge in [-0.1, -0.05) is 75.4 Å². The zero-order valence-corrected chi connectivity index (χ0v) is 18.5. The quantitative estimate of drug-likeness (QED) is 0.458. The molecule has 154 valence electrons. The van der Waals surface area contributed by atoms with Gasteiger partial charge in [-0.2, -0.15) is 0 Å². The van der Waals surface area contributed by atoms with E-state index in [0.717, 1.165) is 28.2 Å². The molecule has 1 atom stereocenters. The van der Waals surface area contributed by atoms with Crippen LogP contribution in [0, 0.1) is 5.92 Å². The number of benzene rings is 2. The van der Waals surface area contributed by atoms with Crippen LogP contribution in [0.1, 0.15) is 43.8 Å². The lowest BCUT2D eigenvalue weighted by molar-refractivity contribution is -0.718. The van der Waals surface area contributed by atoms with Gasteiger partial charge in [-0.15, -0.1) is 11.3 Å². The lowest BCUT2D eigenvalue weighted by Gasteiger charge is -2.19. The smallest absolute Gasteiger partial charge is 0.260 e. The second-order valence-corrected chi connectivity index (χ2v) is 8.87. The van der Waals surface area contributed by atoms with E-state index >= 15 is 0 Å². The molecule has 30 heavy (non-hydrogen) atoms. The van der Waals surface area contributed by atoms with Gasteiger partial charge in [0, 0.05) is 22.4 Å². The number of aromatic nitrogens is 2. The summed E-state index contributed by atoms with van der Waals surface area (Å²) in [5, 5.41) is 4.99. The number of quaternary nitrogens is 1. The molecule has 0 aliphatic carbocycles. The Morgan fingerprint density at radius 2 is 1.80 bits per heavy atom. The minimum Gasteiger partial charge on any atom is -0.334 e. The van der Waals surface area contributed by atoms with E-state index in [1.807, 2.05) is 35.7 Å². The molecule has 0 bridgehead atoms. The van der Waals surface area contributed by atoms with Crippen LogP contribution in [0.25, 0.3) is 21.3 Å². The number of thiophene rings is 1. The average molecular weight is 419 g/mol. The highest BCUT2D eigenvalue weighted by atomic mass is 32.1. The van der Waals surface area contributed by atoms with Crippen molar-refractivity contribution < 1.29 is 5.32 Å². The largest absolute Gasteiger partial charge is 0.334 e. The molecule has 4 aromatic rings. The maximum absolute atomic E-state index is 12.9. The second-order valence-electron chi connectivity index (χ2n) is 8.01. The molecule has 0 aliphatic rings. The van der Waals surface area contributed by atoms with Crippen molar-refractivity contribution in [2.75, 3.05) is 0 Å². The van der Waals surface area contributed by atoms with Crippen molar-refractivity contribution in [1.82, 2.24) is 9.97 Å². The number of nitrogens with one attached hydrogen (secondary N) is 1. The maximum atomic E-state index is 12.9. The minimum absolute atomic E-state index is 0.0584. The Kier molecular flexibility index (Phi) is 6.11. The van der Waals surface area contributed by atoms with Gasteiger partial charge in [-0.25, -0.2) is 4.98 Å². The predicted octanol–water partition coefficient (Wildman–Crippen LogP) is 4.67. The van der Waals surface area contributed by atoms with Gasteiger partial charge in [0.25, 0.3) is 5.56 Å². The number of H-pyrrole nitrogens is 1. The summed E-state index contributed by atoms with van der Waals surface area (Å²) < 4.78 is 0. The molecular weight excluding hydrogens is 390 g/mol. The molecule has 2 aromatic heterocycles. The van der Waals surface area contributed by atoms with Crippen LogP contribution >= 0.6 is 11.3 Å². The number of aromatic amines is 1. The maximum Gasteiger partial charge on any atom is 0.260 e. The minimum atomic E-state index is -0.0584. The van der Waals surface area contributed by atoms with Crippen molar-refractivity contribution in [3.63, 3.8) is 0 Å². The summed E-state index contributed by atoms with van der Waals surface area (Å²) in [7, 11) is 0. The van der Waals surface area contributed by atoms with E-state index < -0.39 is 0 Å². The van der Waals surface area contributed by atoms with E-state index in [1.54, 1.807) is 0 Å². The van der Waals surface area contributed by atoms with Gasteiger partial charge in [-0.05, 0) is 17.5 Å². The molecule has 0 fully saturated rings. The third-order valence-electron chi connectivity index (χ3n) is 5.63. The summed E-state index contributed by atoms with van der Waals surface area (Å²) in [6, 6.07) is 19.2. The van der Waals surface area contributed by atoms with E-state index in [1.165, 1.54) is 22.5 Å². The molecule has 0 saturated carbocycles. The summed E-state index contributed by atoms with van der Waals surface area (Å²) in [5.41, 5.74) is 4.61. The Bertz CT molecular complexity index is 1180. The number of fused-ring (bicyclic) bond motifs is 1. The highest BCUT2D eigenvalue weighted by molar-refractivity contribution is 7.17. The SMILES string of the molecule is CCc1ccc([C@H]([NH2+]Cc2nc3scc(-c4ccccc4)c3c(=O)[nH]2)C(C)C)cc1. The van der Waals surface area contributed by atoms with Crippen LogP contribution in [-0.2, 0) is 13.0 Å². The van der Waals surface area contributed by atoms with Crippen molar-refractivity contribution in [2.45, 2.75) is 39.8 Å². The number of nitrogens with zero attached hydrogens (tertiary/aromatic N) is 1. The molecule has 0 unspecified atom stereocenters. The van der Waals surface area contributed by atoms with Crippen LogP contribution in [0.4, 0.5) is 0 Å². The van der Waals surface area contributed by atoms with Crippen molar-refractivity contribution >= 4 is 21.6 Å². The fourth-order valence-electron chi connectivity index (χ4n) is 3.93. The molecule has 0 aliphatic heterocycles. The molecule has 2 heterocycles. The molecule has 4 nitrogen and oxygen atoms in total.